The fourth-order valence-corrected chi connectivity index (χ4v) is 4.23. The Morgan fingerprint density at radius 2 is 1.94 bits per heavy atom. The Balaban J connectivity index is 2.26. The van der Waals surface area contributed by atoms with Crippen LogP contribution in [-0.4, -0.2) is 4.98 Å². The number of pyridine rings is 1. The van der Waals surface area contributed by atoms with Crippen LogP contribution in [0.5, 0.6) is 0 Å². The fourth-order valence-electron chi connectivity index (χ4n) is 1.76. The molecule has 3 rings (SSSR count). The number of nitrogens with zero attached hydrogens (tertiary/aromatic N) is 1. The van der Waals surface area contributed by atoms with Crippen molar-refractivity contribution in [2.45, 2.75) is 0 Å². The first-order chi connectivity index (χ1) is 8.65. The Bertz CT molecular complexity index is 739. The summed E-state index contributed by atoms with van der Waals surface area (Å²) in [6.07, 6.45) is 0. The second kappa shape index (κ2) is 4.93. The zero-order valence-corrected chi connectivity index (χ0v) is 13.7. The number of hydrogen-bond acceptors (Lipinski definition) is 2. The highest BCUT2D eigenvalue weighted by Gasteiger charge is 2.09. The van der Waals surface area contributed by atoms with Crippen molar-refractivity contribution >= 4 is 65.7 Å². The lowest BCUT2D eigenvalue weighted by Gasteiger charge is -2.04. The molecule has 1 aromatic carbocycles. The standard InChI is InChI=1S/C13H6Br2ClNS/c14-8-5-7-1-2-11(13-10(16)3-4-18-13)17-12(7)9(15)6-8/h1-6H. The van der Waals surface area contributed by atoms with Gasteiger partial charge in [-0.25, -0.2) is 4.98 Å². The van der Waals surface area contributed by atoms with Gasteiger partial charge in [0, 0.05) is 14.3 Å². The van der Waals surface area contributed by atoms with E-state index in [1.807, 2.05) is 29.6 Å². The average molecular weight is 404 g/mol. The van der Waals surface area contributed by atoms with Crippen molar-refractivity contribution in [2.75, 3.05) is 0 Å². The van der Waals surface area contributed by atoms with E-state index in [0.717, 1.165) is 35.4 Å². The van der Waals surface area contributed by atoms with E-state index in [-0.39, 0.29) is 0 Å². The van der Waals surface area contributed by atoms with Crippen molar-refractivity contribution in [1.82, 2.24) is 4.98 Å². The molecule has 0 bridgehead atoms. The van der Waals surface area contributed by atoms with Crippen LogP contribution in [0.3, 0.4) is 0 Å². The van der Waals surface area contributed by atoms with E-state index < -0.39 is 0 Å². The summed E-state index contributed by atoms with van der Waals surface area (Å²) in [4.78, 5) is 5.69. The van der Waals surface area contributed by atoms with Crippen molar-refractivity contribution in [1.29, 1.82) is 0 Å². The first-order valence-corrected chi connectivity index (χ1v) is 7.98. The number of halogens is 3. The molecular formula is C13H6Br2ClNS. The molecule has 18 heavy (non-hydrogen) atoms. The summed E-state index contributed by atoms with van der Waals surface area (Å²) in [5, 5.41) is 3.81. The predicted octanol–water partition coefficient (Wildman–Crippen LogP) is 6.14. The topological polar surface area (TPSA) is 12.9 Å². The van der Waals surface area contributed by atoms with Crippen LogP contribution < -0.4 is 0 Å². The lowest BCUT2D eigenvalue weighted by molar-refractivity contribution is 1.40. The second-order valence-corrected chi connectivity index (χ2v) is 6.85. The molecule has 0 aliphatic heterocycles. The van der Waals surface area contributed by atoms with Crippen LogP contribution in [0, 0.1) is 0 Å². The summed E-state index contributed by atoms with van der Waals surface area (Å²) < 4.78 is 2.01. The van der Waals surface area contributed by atoms with Crippen LogP contribution in [0.2, 0.25) is 5.02 Å². The van der Waals surface area contributed by atoms with Crippen LogP contribution in [-0.2, 0) is 0 Å². The van der Waals surface area contributed by atoms with Gasteiger partial charge in [-0.1, -0.05) is 33.6 Å². The van der Waals surface area contributed by atoms with Gasteiger partial charge in [0.05, 0.1) is 21.1 Å². The van der Waals surface area contributed by atoms with Gasteiger partial charge in [-0.3, -0.25) is 0 Å². The van der Waals surface area contributed by atoms with Gasteiger partial charge >= 0.3 is 0 Å². The van der Waals surface area contributed by atoms with Gasteiger partial charge in [0.15, 0.2) is 0 Å². The highest BCUT2D eigenvalue weighted by atomic mass is 79.9. The van der Waals surface area contributed by atoms with E-state index in [1.54, 1.807) is 11.3 Å². The van der Waals surface area contributed by atoms with Gasteiger partial charge in [-0.15, -0.1) is 11.3 Å². The van der Waals surface area contributed by atoms with Gasteiger partial charge in [0.2, 0.25) is 0 Å². The lowest BCUT2D eigenvalue weighted by atomic mass is 10.2. The molecule has 0 aliphatic rings. The van der Waals surface area contributed by atoms with Gasteiger partial charge < -0.3 is 0 Å². The minimum atomic E-state index is 0.750. The van der Waals surface area contributed by atoms with Crippen LogP contribution in [0.25, 0.3) is 21.5 Å². The fraction of sp³-hybridized carbons (Fsp3) is 0. The zero-order chi connectivity index (χ0) is 12.7. The molecule has 0 N–H and O–H groups in total. The highest BCUT2D eigenvalue weighted by Crippen LogP contribution is 2.34. The largest absolute Gasteiger partial charge is 0.246 e. The number of rotatable bonds is 1. The molecule has 90 valence electrons. The number of thiophene rings is 1. The van der Waals surface area contributed by atoms with E-state index in [0.29, 0.717) is 0 Å². The predicted molar refractivity (Wildman–Crippen MR) is 85.5 cm³/mol. The van der Waals surface area contributed by atoms with E-state index in [1.165, 1.54) is 0 Å². The Morgan fingerprint density at radius 3 is 2.67 bits per heavy atom. The zero-order valence-electron chi connectivity index (χ0n) is 8.95. The van der Waals surface area contributed by atoms with Gasteiger partial charge in [0.1, 0.15) is 0 Å². The molecule has 0 spiro atoms. The van der Waals surface area contributed by atoms with Crippen LogP contribution >= 0.6 is 54.8 Å². The maximum Gasteiger partial charge on any atom is 0.0852 e. The third kappa shape index (κ3) is 2.23. The molecule has 0 saturated carbocycles. The maximum atomic E-state index is 6.14. The van der Waals surface area contributed by atoms with E-state index >= 15 is 0 Å². The molecular weight excluding hydrogens is 397 g/mol. The SMILES string of the molecule is Clc1ccsc1-c1ccc2cc(Br)cc(Br)c2n1. The van der Waals surface area contributed by atoms with Crippen molar-refractivity contribution in [3.63, 3.8) is 0 Å². The molecule has 1 nitrogen and oxygen atoms in total. The molecule has 2 aromatic heterocycles. The van der Waals surface area contributed by atoms with Gasteiger partial charge in [0.25, 0.3) is 0 Å². The van der Waals surface area contributed by atoms with Crippen molar-refractivity contribution < 1.29 is 0 Å². The molecule has 0 aliphatic carbocycles. The number of hydrogen-bond donors (Lipinski definition) is 0. The molecule has 5 heteroatoms. The molecule has 0 unspecified atom stereocenters. The molecule has 3 aromatic rings. The Kier molecular flexibility index (Phi) is 3.45. The monoisotopic (exact) mass is 401 g/mol. The lowest BCUT2D eigenvalue weighted by Crippen LogP contribution is -1.85. The Hall–Kier alpha value is -0.420. The van der Waals surface area contributed by atoms with Crippen molar-refractivity contribution in [3.8, 4) is 10.6 Å². The Labute approximate surface area is 130 Å². The number of fused-ring (bicyclic) bond motifs is 1. The first kappa shape index (κ1) is 12.6. The van der Waals surface area contributed by atoms with E-state index in [9.17, 15) is 0 Å². The van der Waals surface area contributed by atoms with Crippen LogP contribution in [0.15, 0.2) is 44.7 Å². The summed E-state index contributed by atoms with van der Waals surface area (Å²) in [5.41, 5.74) is 1.85. The maximum absolute atomic E-state index is 6.14. The molecule has 0 atom stereocenters. The second-order valence-electron chi connectivity index (χ2n) is 3.75. The normalized spacial score (nSPS) is 11.1. The molecule has 2 heterocycles. The van der Waals surface area contributed by atoms with Gasteiger partial charge in [-0.2, -0.15) is 0 Å². The molecule has 0 saturated heterocycles. The molecule has 0 amide bonds. The third-order valence-corrected chi connectivity index (χ3v) is 4.99. The third-order valence-electron chi connectivity index (χ3n) is 2.56. The number of benzene rings is 1. The first-order valence-electron chi connectivity index (χ1n) is 5.14. The van der Waals surface area contributed by atoms with Gasteiger partial charge in [-0.05, 0) is 45.6 Å². The average Bonchev–Trinajstić information content (AvgIpc) is 2.75. The summed E-state index contributed by atoms with van der Waals surface area (Å²) >= 11 is 14.8. The van der Waals surface area contributed by atoms with Crippen molar-refractivity contribution in [2.24, 2.45) is 0 Å². The smallest absolute Gasteiger partial charge is 0.0852 e. The minimum absolute atomic E-state index is 0.750. The van der Waals surface area contributed by atoms with Crippen molar-refractivity contribution in [3.05, 3.63) is 49.7 Å². The van der Waals surface area contributed by atoms with Crippen LogP contribution in [0.4, 0.5) is 0 Å². The van der Waals surface area contributed by atoms with E-state index in [4.69, 9.17) is 11.6 Å². The number of aromatic nitrogens is 1. The molecule has 0 radical (unpaired) electrons. The minimum Gasteiger partial charge on any atom is -0.246 e. The quantitative estimate of drug-likeness (QED) is 0.475. The summed E-state index contributed by atoms with van der Waals surface area (Å²) in [7, 11) is 0. The van der Waals surface area contributed by atoms with Crippen LogP contribution in [0.1, 0.15) is 0 Å². The highest BCUT2D eigenvalue weighted by molar-refractivity contribution is 9.11. The summed E-state index contributed by atoms with van der Waals surface area (Å²) in [6, 6.07) is 9.99. The Morgan fingerprint density at radius 1 is 1.11 bits per heavy atom. The van der Waals surface area contributed by atoms with E-state index in [2.05, 4.69) is 42.9 Å². The molecule has 0 fully saturated rings. The summed E-state index contributed by atoms with van der Waals surface area (Å²) in [6.45, 7) is 0. The summed E-state index contributed by atoms with van der Waals surface area (Å²) in [5.74, 6) is 0.